The van der Waals surface area contributed by atoms with Crippen LogP contribution in [0.4, 0.5) is 0 Å². The highest BCUT2D eigenvalue weighted by Crippen LogP contribution is 2.19. The highest BCUT2D eigenvalue weighted by molar-refractivity contribution is 7.80. The summed E-state index contributed by atoms with van der Waals surface area (Å²) < 4.78 is 5.46. The minimum atomic E-state index is -0.0372. The number of hydrogen-bond donors (Lipinski definition) is 2. The first-order valence-corrected chi connectivity index (χ1v) is 12.4. The number of ether oxygens (including phenoxy) is 1. The number of hydrogen-bond acceptors (Lipinski definition) is 5. The Morgan fingerprint density at radius 2 is 1.94 bits per heavy atom. The minimum Gasteiger partial charge on any atom is -0.379 e. The fraction of sp³-hybridized carbons (Fsp3) is 0.600. The van der Waals surface area contributed by atoms with Crippen molar-refractivity contribution in [3.8, 4) is 0 Å². The zero-order valence-electron chi connectivity index (χ0n) is 20.6. The van der Waals surface area contributed by atoms with Crippen LogP contribution >= 0.6 is 12.2 Å². The number of rotatable bonds is 10. The Morgan fingerprint density at radius 1 is 1.18 bits per heavy atom. The Balaban J connectivity index is 1.70. The lowest BCUT2D eigenvalue weighted by molar-refractivity contribution is 0.0367. The van der Waals surface area contributed by atoms with Crippen LogP contribution in [0, 0.1) is 13.8 Å². The molecule has 1 aromatic heterocycles. The fourth-order valence-corrected chi connectivity index (χ4v) is 4.42. The zero-order chi connectivity index (χ0) is 23.8. The number of aromatic nitrogens is 1. The summed E-state index contributed by atoms with van der Waals surface area (Å²) in [5.41, 5.74) is 3.93. The number of aryl methyl sites for hydroxylation is 2. The second kappa shape index (κ2) is 12.5. The van der Waals surface area contributed by atoms with Crippen LogP contribution in [0.25, 0.3) is 10.9 Å². The van der Waals surface area contributed by atoms with E-state index in [1.165, 1.54) is 5.56 Å². The third-order valence-corrected chi connectivity index (χ3v) is 6.74. The molecule has 33 heavy (non-hydrogen) atoms. The summed E-state index contributed by atoms with van der Waals surface area (Å²) in [4.78, 5) is 22.8. The first kappa shape index (κ1) is 25.6. The number of H-pyrrole nitrogens is 1. The van der Waals surface area contributed by atoms with E-state index in [9.17, 15) is 4.79 Å². The van der Waals surface area contributed by atoms with Gasteiger partial charge in [0.1, 0.15) is 0 Å². The van der Waals surface area contributed by atoms with Gasteiger partial charge in [-0.2, -0.15) is 0 Å². The van der Waals surface area contributed by atoms with E-state index in [4.69, 9.17) is 17.0 Å². The second-order valence-corrected chi connectivity index (χ2v) is 9.60. The molecular weight excluding hydrogens is 434 g/mol. The van der Waals surface area contributed by atoms with Crippen molar-refractivity contribution in [2.75, 3.05) is 66.6 Å². The van der Waals surface area contributed by atoms with Crippen molar-refractivity contribution in [1.82, 2.24) is 25.0 Å². The van der Waals surface area contributed by atoms with Crippen molar-refractivity contribution in [3.05, 3.63) is 45.2 Å². The van der Waals surface area contributed by atoms with Gasteiger partial charge < -0.3 is 24.8 Å². The number of nitrogens with one attached hydrogen (secondary N) is 2. The summed E-state index contributed by atoms with van der Waals surface area (Å²) in [6.45, 7) is 11.8. The van der Waals surface area contributed by atoms with Gasteiger partial charge in [0.05, 0.1) is 25.3 Å². The number of morpholine rings is 1. The van der Waals surface area contributed by atoms with Crippen LogP contribution in [0.15, 0.2) is 23.0 Å². The SMILES string of the molecule is Cc1ccc2cc(CN(CCCN3CCOCC3)C(=S)NCCCN(C)C)c(=O)[nH]c2c1C. The fourth-order valence-electron chi connectivity index (χ4n) is 4.16. The molecule has 0 atom stereocenters. The van der Waals surface area contributed by atoms with Crippen molar-refractivity contribution in [2.45, 2.75) is 33.2 Å². The monoisotopic (exact) mass is 473 g/mol. The summed E-state index contributed by atoms with van der Waals surface area (Å²) in [6, 6.07) is 6.21. The Kier molecular flexibility index (Phi) is 9.67. The highest BCUT2D eigenvalue weighted by atomic mass is 32.1. The van der Waals surface area contributed by atoms with Crippen molar-refractivity contribution in [2.24, 2.45) is 0 Å². The van der Waals surface area contributed by atoms with Crippen LogP contribution in [0.2, 0.25) is 0 Å². The Labute approximate surface area is 203 Å². The summed E-state index contributed by atoms with van der Waals surface area (Å²) in [5.74, 6) is 0. The van der Waals surface area contributed by atoms with Crippen molar-refractivity contribution in [3.63, 3.8) is 0 Å². The lowest BCUT2D eigenvalue weighted by Gasteiger charge is -2.29. The lowest BCUT2D eigenvalue weighted by Crippen LogP contribution is -2.43. The smallest absolute Gasteiger partial charge is 0.253 e. The summed E-state index contributed by atoms with van der Waals surface area (Å²) >= 11 is 5.76. The Bertz CT molecular complexity index is 985. The summed E-state index contributed by atoms with van der Waals surface area (Å²) in [6.07, 6.45) is 2.01. The number of benzene rings is 1. The Hall–Kier alpha value is -2.00. The first-order chi connectivity index (χ1) is 15.8. The first-order valence-electron chi connectivity index (χ1n) is 11.9. The summed E-state index contributed by atoms with van der Waals surface area (Å²) in [7, 11) is 4.15. The molecule has 1 aliphatic heterocycles. The minimum absolute atomic E-state index is 0.0372. The predicted octanol–water partition coefficient (Wildman–Crippen LogP) is 2.50. The van der Waals surface area contributed by atoms with Crippen molar-refractivity contribution in [1.29, 1.82) is 0 Å². The quantitative estimate of drug-likeness (QED) is 0.406. The van der Waals surface area contributed by atoms with Gasteiger partial charge in [0, 0.05) is 38.3 Å². The highest BCUT2D eigenvalue weighted by Gasteiger charge is 2.16. The molecule has 2 heterocycles. The van der Waals surface area contributed by atoms with Gasteiger partial charge in [-0.3, -0.25) is 9.69 Å². The average molecular weight is 474 g/mol. The van der Waals surface area contributed by atoms with E-state index in [1.54, 1.807) is 0 Å². The van der Waals surface area contributed by atoms with Gasteiger partial charge in [-0.25, -0.2) is 0 Å². The molecule has 1 aromatic carbocycles. The Morgan fingerprint density at radius 3 is 2.67 bits per heavy atom. The van der Waals surface area contributed by atoms with E-state index < -0.39 is 0 Å². The number of fused-ring (bicyclic) bond motifs is 1. The molecule has 1 aliphatic rings. The molecule has 8 heteroatoms. The van der Waals surface area contributed by atoms with Gasteiger partial charge in [-0.05, 0) is 82.1 Å². The average Bonchev–Trinajstić information content (AvgIpc) is 2.80. The molecular formula is C25H39N5O2S. The number of nitrogens with zero attached hydrogens (tertiary/aromatic N) is 3. The van der Waals surface area contributed by atoms with Crippen LogP contribution in [0.5, 0.6) is 0 Å². The topological polar surface area (TPSA) is 63.8 Å². The van der Waals surface area contributed by atoms with Crippen LogP contribution in [-0.2, 0) is 11.3 Å². The molecule has 0 aliphatic carbocycles. The van der Waals surface area contributed by atoms with Crippen LogP contribution in [0.3, 0.4) is 0 Å². The zero-order valence-corrected chi connectivity index (χ0v) is 21.4. The molecule has 0 spiro atoms. The van der Waals surface area contributed by atoms with Gasteiger partial charge in [0.25, 0.3) is 5.56 Å². The molecule has 2 aromatic rings. The van der Waals surface area contributed by atoms with E-state index in [0.29, 0.717) is 6.54 Å². The standard InChI is InChI=1S/C25H39N5O2S/c1-19-7-8-21-17-22(24(31)27-23(21)20(19)2)18-30(25(33)26-9-5-10-28(3)4)12-6-11-29-13-15-32-16-14-29/h7-8,17H,5-6,9-16,18H2,1-4H3,(H,26,33)(H,27,31). The van der Waals surface area contributed by atoms with Gasteiger partial charge >= 0.3 is 0 Å². The number of pyridine rings is 1. The molecule has 0 radical (unpaired) electrons. The molecule has 0 bridgehead atoms. The van der Waals surface area contributed by atoms with E-state index in [0.717, 1.165) is 92.5 Å². The molecule has 7 nitrogen and oxygen atoms in total. The second-order valence-electron chi connectivity index (χ2n) is 9.21. The number of thiocarbonyl (C=S) groups is 1. The van der Waals surface area contributed by atoms with Gasteiger partial charge in [0.15, 0.2) is 5.11 Å². The molecule has 182 valence electrons. The van der Waals surface area contributed by atoms with Crippen LogP contribution in [0.1, 0.15) is 29.5 Å². The van der Waals surface area contributed by atoms with Gasteiger partial charge in [-0.15, -0.1) is 0 Å². The maximum absolute atomic E-state index is 12.9. The lowest BCUT2D eigenvalue weighted by atomic mass is 10.0. The van der Waals surface area contributed by atoms with Crippen molar-refractivity contribution < 1.29 is 4.74 Å². The normalized spacial score (nSPS) is 14.7. The number of aromatic amines is 1. The van der Waals surface area contributed by atoms with Gasteiger partial charge in [-0.1, -0.05) is 12.1 Å². The molecule has 1 saturated heterocycles. The molecule has 0 unspecified atom stereocenters. The van der Waals surface area contributed by atoms with E-state index in [-0.39, 0.29) is 5.56 Å². The molecule has 3 rings (SSSR count). The molecule has 0 amide bonds. The predicted molar refractivity (Wildman–Crippen MR) is 140 cm³/mol. The maximum Gasteiger partial charge on any atom is 0.253 e. The van der Waals surface area contributed by atoms with E-state index >= 15 is 0 Å². The van der Waals surface area contributed by atoms with E-state index in [1.807, 2.05) is 6.07 Å². The third kappa shape index (κ3) is 7.50. The van der Waals surface area contributed by atoms with Crippen LogP contribution < -0.4 is 10.9 Å². The summed E-state index contributed by atoms with van der Waals surface area (Å²) in [5, 5.41) is 5.18. The maximum atomic E-state index is 12.9. The van der Waals surface area contributed by atoms with Crippen molar-refractivity contribution >= 4 is 28.2 Å². The van der Waals surface area contributed by atoms with E-state index in [2.05, 4.69) is 65.1 Å². The molecule has 2 N–H and O–H groups in total. The largest absolute Gasteiger partial charge is 0.379 e. The third-order valence-electron chi connectivity index (χ3n) is 6.34. The molecule has 0 saturated carbocycles. The van der Waals surface area contributed by atoms with Gasteiger partial charge in [0.2, 0.25) is 0 Å². The molecule has 1 fully saturated rings. The van der Waals surface area contributed by atoms with Crippen LogP contribution in [-0.4, -0.2) is 91.4 Å².